The first-order chi connectivity index (χ1) is 12.6. The molecule has 1 aromatic carbocycles. The number of anilines is 2. The number of pyridine rings is 1. The monoisotopic (exact) mass is 367 g/mol. The summed E-state index contributed by atoms with van der Waals surface area (Å²) < 4.78 is 0. The van der Waals surface area contributed by atoms with Gasteiger partial charge in [0.1, 0.15) is 5.82 Å². The van der Waals surface area contributed by atoms with E-state index in [0.717, 1.165) is 23.7 Å². The molecule has 1 amide bonds. The van der Waals surface area contributed by atoms with Gasteiger partial charge in [0.15, 0.2) is 5.16 Å². The summed E-state index contributed by atoms with van der Waals surface area (Å²) in [6, 6.07) is 12.8. The number of thioether (sulfide) groups is 1. The largest absolute Gasteiger partial charge is 0.383 e. The van der Waals surface area contributed by atoms with Crippen molar-refractivity contribution in [2.24, 2.45) is 0 Å². The molecule has 8 heteroatoms. The fourth-order valence-electron chi connectivity index (χ4n) is 2.29. The second-order valence-electron chi connectivity index (χ2n) is 5.54. The Labute approximate surface area is 154 Å². The van der Waals surface area contributed by atoms with Gasteiger partial charge in [0.25, 0.3) is 5.56 Å². The molecule has 0 atom stereocenters. The summed E-state index contributed by atoms with van der Waals surface area (Å²) in [4.78, 5) is 33.9. The lowest BCUT2D eigenvalue weighted by Crippen LogP contribution is -2.15. The molecule has 0 saturated heterocycles. The lowest BCUT2D eigenvalue weighted by atomic mass is 10.1. The van der Waals surface area contributed by atoms with Gasteiger partial charge in [0.2, 0.25) is 5.91 Å². The van der Waals surface area contributed by atoms with Gasteiger partial charge in [-0.25, -0.2) is 4.98 Å². The Balaban J connectivity index is 1.53. The molecule has 0 aliphatic rings. The van der Waals surface area contributed by atoms with Gasteiger partial charge in [-0.05, 0) is 41.8 Å². The van der Waals surface area contributed by atoms with Crippen LogP contribution in [0.3, 0.4) is 0 Å². The van der Waals surface area contributed by atoms with Crippen LogP contribution in [0.1, 0.15) is 11.1 Å². The lowest BCUT2D eigenvalue weighted by Gasteiger charge is -2.07. The molecule has 2 aromatic heterocycles. The maximum absolute atomic E-state index is 12.0. The summed E-state index contributed by atoms with van der Waals surface area (Å²) in [5.74, 6) is 0.0499. The number of amides is 1. The van der Waals surface area contributed by atoms with Crippen molar-refractivity contribution in [1.82, 2.24) is 15.0 Å². The number of nitrogens with one attached hydrogen (secondary N) is 2. The smallest absolute Gasteiger partial charge is 0.253 e. The van der Waals surface area contributed by atoms with Crippen molar-refractivity contribution >= 4 is 29.2 Å². The first kappa shape index (κ1) is 17.7. The number of aromatic amines is 1. The number of carbonyl (C=O) groups excluding carboxylic acids is 1. The third-order valence-electron chi connectivity index (χ3n) is 3.48. The van der Waals surface area contributed by atoms with Crippen LogP contribution in [0.15, 0.2) is 64.8 Å². The molecule has 0 radical (unpaired) electrons. The van der Waals surface area contributed by atoms with E-state index in [1.165, 1.54) is 11.6 Å². The van der Waals surface area contributed by atoms with Gasteiger partial charge >= 0.3 is 0 Å². The van der Waals surface area contributed by atoms with Gasteiger partial charge in [0, 0.05) is 24.1 Å². The van der Waals surface area contributed by atoms with E-state index in [0.29, 0.717) is 10.8 Å². The Morgan fingerprint density at radius 2 is 1.81 bits per heavy atom. The maximum atomic E-state index is 12.0. The number of hydrogen-bond acceptors (Lipinski definition) is 6. The molecule has 0 aliphatic carbocycles. The molecule has 2 heterocycles. The zero-order valence-electron chi connectivity index (χ0n) is 13.8. The summed E-state index contributed by atoms with van der Waals surface area (Å²) in [5.41, 5.74) is 8.20. The van der Waals surface area contributed by atoms with Gasteiger partial charge in [0.05, 0.1) is 5.75 Å². The van der Waals surface area contributed by atoms with E-state index in [-0.39, 0.29) is 23.0 Å². The van der Waals surface area contributed by atoms with Crippen LogP contribution in [-0.2, 0) is 11.2 Å². The number of nitrogen functional groups attached to an aromatic ring is 1. The molecule has 0 fully saturated rings. The molecule has 0 unspecified atom stereocenters. The zero-order valence-corrected chi connectivity index (χ0v) is 14.6. The van der Waals surface area contributed by atoms with Gasteiger partial charge in [-0.3, -0.25) is 14.6 Å². The molecular weight excluding hydrogens is 350 g/mol. The minimum Gasteiger partial charge on any atom is -0.383 e. The minimum absolute atomic E-state index is 0.116. The van der Waals surface area contributed by atoms with Crippen molar-refractivity contribution in [3.8, 4) is 0 Å². The average molecular weight is 367 g/mol. The number of H-pyrrole nitrogens is 1. The molecule has 3 aromatic rings. The molecule has 7 nitrogen and oxygen atoms in total. The molecule has 3 rings (SSSR count). The minimum atomic E-state index is -0.342. The number of rotatable bonds is 6. The van der Waals surface area contributed by atoms with Crippen LogP contribution >= 0.6 is 11.8 Å². The van der Waals surface area contributed by atoms with Crippen LogP contribution in [0.25, 0.3) is 0 Å². The Kier molecular flexibility index (Phi) is 5.65. The van der Waals surface area contributed by atoms with Crippen molar-refractivity contribution < 1.29 is 4.79 Å². The predicted molar refractivity (Wildman–Crippen MR) is 102 cm³/mol. The van der Waals surface area contributed by atoms with Gasteiger partial charge in [-0.15, -0.1) is 0 Å². The van der Waals surface area contributed by atoms with Crippen LogP contribution in [0.4, 0.5) is 11.5 Å². The number of carbonyl (C=O) groups is 1. The SMILES string of the molecule is Nc1cc(=O)[nH]c(SCC(=O)Nc2ccc(Cc3ccncc3)cc2)n1. The molecule has 26 heavy (non-hydrogen) atoms. The number of benzene rings is 1. The van der Waals surface area contributed by atoms with Gasteiger partial charge in [-0.1, -0.05) is 23.9 Å². The van der Waals surface area contributed by atoms with Crippen molar-refractivity contribution in [1.29, 1.82) is 0 Å². The van der Waals surface area contributed by atoms with Gasteiger partial charge < -0.3 is 16.0 Å². The molecule has 0 bridgehead atoms. The zero-order chi connectivity index (χ0) is 18.4. The van der Waals surface area contributed by atoms with E-state index >= 15 is 0 Å². The Morgan fingerprint density at radius 1 is 1.12 bits per heavy atom. The lowest BCUT2D eigenvalue weighted by molar-refractivity contribution is -0.113. The van der Waals surface area contributed by atoms with Crippen LogP contribution < -0.4 is 16.6 Å². The summed E-state index contributed by atoms with van der Waals surface area (Å²) >= 11 is 1.12. The maximum Gasteiger partial charge on any atom is 0.253 e. The first-order valence-corrected chi connectivity index (χ1v) is 8.84. The molecule has 132 valence electrons. The van der Waals surface area contributed by atoms with E-state index < -0.39 is 0 Å². The van der Waals surface area contributed by atoms with Crippen molar-refractivity contribution in [2.75, 3.05) is 16.8 Å². The molecule has 0 saturated carbocycles. The fraction of sp³-hybridized carbons (Fsp3) is 0.111. The second kappa shape index (κ2) is 8.30. The topological polar surface area (TPSA) is 114 Å². The highest BCUT2D eigenvalue weighted by Gasteiger charge is 2.06. The van der Waals surface area contributed by atoms with Crippen molar-refractivity contribution in [3.05, 3.63) is 76.3 Å². The van der Waals surface area contributed by atoms with E-state index in [9.17, 15) is 9.59 Å². The number of nitrogens with zero attached hydrogens (tertiary/aromatic N) is 2. The first-order valence-electron chi connectivity index (χ1n) is 7.86. The van der Waals surface area contributed by atoms with Crippen molar-refractivity contribution in [3.63, 3.8) is 0 Å². The third-order valence-corrected chi connectivity index (χ3v) is 4.35. The molecular formula is C18H17N5O2S. The third kappa shape index (κ3) is 5.18. The standard InChI is InChI=1S/C18H17N5O2S/c19-15-10-16(24)23-18(22-15)26-11-17(25)21-14-3-1-12(2-4-14)9-13-5-7-20-8-6-13/h1-8,10H,9,11H2,(H,21,25)(H3,19,22,23,24). The van der Waals surface area contributed by atoms with E-state index in [1.807, 2.05) is 36.4 Å². The molecule has 4 N–H and O–H groups in total. The van der Waals surface area contributed by atoms with Crippen LogP contribution in [0, 0.1) is 0 Å². The van der Waals surface area contributed by atoms with Crippen LogP contribution in [-0.4, -0.2) is 26.6 Å². The fourth-order valence-corrected chi connectivity index (χ4v) is 2.98. The van der Waals surface area contributed by atoms with Crippen LogP contribution in [0.5, 0.6) is 0 Å². The van der Waals surface area contributed by atoms with Crippen LogP contribution in [0.2, 0.25) is 0 Å². The summed E-state index contributed by atoms with van der Waals surface area (Å²) in [6.45, 7) is 0. The second-order valence-corrected chi connectivity index (χ2v) is 6.51. The molecule has 0 spiro atoms. The number of aromatic nitrogens is 3. The van der Waals surface area contributed by atoms with Gasteiger partial charge in [-0.2, -0.15) is 0 Å². The molecule has 0 aliphatic heterocycles. The van der Waals surface area contributed by atoms with E-state index in [4.69, 9.17) is 5.73 Å². The van der Waals surface area contributed by atoms with Crippen molar-refractivity contribution in [2.45, 2.75) is 11.6 Å². The normalized spacial score (nSPS) is 10.5. The predicted octanol–water partition coefficient (Wildman–Crippen LogP) is 2.07. The summed E-state index contributed by atoms with van der Waals surface area (Å²) in [7, 11) is 0. The Morgan fingerprint density at radius 3 is 2.50 bits per heavy atom. The Hall–Kier alpha value is -3.13. The summed E-state index contributed by atoms with van der Waals surface area (Å²) in [6.07, 6.45) is 4.34. The van der Waals surface area contributed by atoms with E-state index in [2.05, 4.69) is 20.3 Å². The number of hydrogen-bond donors (Lipinski definition) is 3. The quantitative estimate of drug-likeness (QED) is 0.454. The number of nitrogens with two attached hydrogens (primary N) is 1. The van der Waals surface area contributed by atoms with E-state index in [1.54, 1.807) is 12.4 Å². The average Bonchev–Trinajstić information content (AvgIpc) is 2.62. The summed E-state index contributed by atoms with van der Waals surface area (Å²) in [5, 5.41) is 3.13. The Bertz CT molecular complexity index is 942. The highest BCUT2D eigenvalue weighted by Crippen LogP contribution is 2.15. The highest BCUT2D eigenvalue weighted by atomic mass is 32.2. The highest BCUT2D eigenvalue weighted by molar-refractivity contribution is 7.99.